The van der Waals surface area contributed by atoms with Gasteiger partial charge in [-0.15, -0.1) is 0 Å². The average molecular weight is 425 g/mol. The molecule has 1 saturated heterocycles. The number of benzene rings is 2. The summed E-state index contributed by atoms with van der Waals surface area (Å²) in [6, 6.07) is 19.2. The van der Waals surface area contributed by atoms with Crippen LogP contribution in [0.1, 0.15) is 41.8 Å². The third kappa shape index (κ3) is 3.37. The van der Waals surface area contributed by atoms with Crippen LogP contribution in [0.4, 0.5) is 0 Å². The standard InChI is InChI=1S/C27H28N4O/c1-20-25(29-26(32-20)22-7-9-23(10-8-22)31-16-4-15-28-31)19-30-17-13-27(14-18-30)12-11-21-5-2-3-6-24(21)27/h2-10,15-16H,11-14,17-19H2,1H3. The number of piperidine rings is 1. The Labute approximate surface area is 188 Å². The van der Waals surface area contributed by atoms with E-state index in [-0.39, 0.29) is 0 Å². The van der Waals surface area contributed by atoms with Crippen LogP contribution < -0.4 is 0 Å². The number of nitrogens with zero attached hydrogens (tertiary/aromatic N) is 4. The van der Waals surface area contributed by atoms with Crippen LogP contribution in [0.3, 0.4) is 0 Å². The molecule has 1 aliphatic carbocycles. The molecular formula is C27H28N4O. The maximum atomic E-state index is 6.05. The number of aryl methyl sites for hydroxylation is 2. The molecule has 1 aliphatic heterocycles. The summed E-state index contributed by atoms with van der Waals surface area (Å²) in [6.07, 6.45) is 8.75. The molecule has 3 heterocycles. The van der Waals surface area contributed by atoms with Crippen molar-refractivity contribution in [2.75, 3.05) is 13.1 Å². The molecule has 0 bridgehead atoms. The lowest BCUT2D eigenvalue weighted by Gasteiger charge is -2.40. The maximum absolute atomic E-state index is 6.05. The Kier molecular flexibility index (Phi) is 4.72. The first-order chi connectivity index (χ1) is 15.7. The highest BCUT2D eigenvalue weighted by Gasteiger charge is 2.40. The van der Waals surface area contributed by atoms with Gasteiger partial charge in [0.1, 0.15) is 5.76 Å². The topological polar surface area (TPSA) is 47.1 Å². The van der Waals surface area contributed by atoms with Gasteiger partial charge in [-0.1, -0.05) is 24.3 Å². The molecule has 0 N–H and O–H groups in total. The van der Waals surface area contributed by atoms with E-state index in [1.165, 1.54) is 25.7 Å². The Bertz CT molecular complexity index is 1220. The highest BCUT2D eigenvalue weighted by atomic mass is 16.4. The smallest absolute Gasteiger partial charge is 0.226 e. The number of fused-ring (bicyclic) bond motifs is 2. The summed E-state index contributed by atoms with van der Waals surface area (Å²) >= 11 is 0. The van der Waals surface area contributed by atoms with E-state index in [0.29, 0.717) is 11.3 Å². The summed E-state index contributed by atoms with van der Waals surface area (Å²) in [6.45, 7) is 5.13. The monoisotopic (exact) mass is 424 g/mol. The molecule has 162 valence electrons. The molecule has 0 saturated carbocycles. The van der Waals surface area contributed by atoms with Crippen LogP contribution in [0.5, 0.6) is 0 Å². The van der Waals surface area contributed by atoms with Gasteiger partial charge in [-0.3, -0.25) is 4.90 Å². The average Bonchev–Trinajstić information content (AvgIpc) is 3.57. The van der Waals surface area contributed by atoms with Crippen molar-refractivity contribution in [1.29, 1.82) is 0 Å². The highest BCUT2D eigenvalue weighted by molar-refractivity contribution is 5.56. The lowest BCUT2D eigenvalue weighted by Crippen LogP contribution is -2.41. The summed E-state index contributed by atoms with van der Waals surface area (Å²) in [5, 5.41) is 4.28. The molecule has 2 aromatic heterocycles. The maximum Gasteiger partial charge on any atom is 0.226 e. The Morgan fingerprint density at radius 3 is 2.56 bits per heavy atom. The summed E-state index contributed by atoms with van der Waals surface area (Å²) in [7, 11) is 0. The van der Waals surface area contributed by atoms with Crippen molar-refractivity contribution in [2.24, 2.45) is 0 Å². The van der Waals surface area contributed by atoms with Crippen LogP contribution in [0, 0.1) is 6.92 Å². The molecule has 0 amide bonds. The van der Waals surface area contributed by atoms with E-state index in [0.717, 1.165) is 42.3 Å². The van der Waals surface area contributed by atoms with Gasteiger partial charge in [0, 0.05) is 24.5 Å². The largest absolute Gasteiger partial charge is 0.441 e. The first-order valence-corrected chi connectivity index (χ1v) is 11.6. The van der Waals surface area contributed by atoms with Crippen LogP contribution in [0.15, 0.2) is 71.4 Å². The number of hydrogen-bond acceptors (Lipinski definition) is 4. The molecule has 5 nitrogen and oxygen atoms in total. The number of aromatic nitrogens is 3. The second-order valence-electron chi connectivity index (χ2n) is 9.23. The SMILES string of the molecule is Cc1oc(-c2ccc(-n3cccn3)cc2)nc1CN1CCC2(CCc3ccccc32)CC1. The molecule has 2 aromatic carbocycles. The van der Waals surface area contributed by atoms with Crippen molar-refractivity contribution in [3.63, 3.8) is 0 Å². The summed E-state index contributed by atoms with van der Waals surface area (Å²) in [4.78, 5) is 7.40. The molecule has 2 aliphatic rings. The quantitative estimate of drug-likeness (QED) is 0.445. The highest BCUT2D eigenvalue weighted by Crippen LogP contribution is 2.46. The first-order valence-electron chi connectivity index (χ1n) is 11.6. The van der Waals surface area contributed by atoms with E-state index in [1.807, 2.05) is 48.1 Å². The van der Waals surface area contributed by atoms with Crippen LogP contribution in [-0.2, 0) is 18.4 Å². The fraction of sp³-hybridized carbons (Fsp3) is 0.333. The van der Waals surface area contributed by atoms with Gasteiger partial charge < -0.3 is 4.42 Å². The molecule has 5 heteroatoms. The summed E-state index contributed by atoms with van der Waals surface area (Å²) in [5.74, 6) is 1.62. The molecule has 0 radical (unpaired) electrons. The Morgan fingerprint density at radius 2 is 1.78 bits per heavy atom. The van der Waals surface area contributed by atoms with E-state index in [9.17, 15) is 0 Å². The zero-order chi connectivity index (χ0) is 21.5. The van der Waals surface area contributed by atoms with Gasteiger partial charge in [0.25, 0.3) is 0 Å². The molecule has 4 aromatic rings. The molecular weight excluding hydrogens is 396 g/mol. The zero-order valence-electron chi connectivity index (χ0n) is 18.5. The molecule has 6 rings (SSSR count). The van der Waals surface area contributed by atoms with Crippen molar-refractivity contribution >= 4 is 0 Å². The van der Waals surface area contributed by atoms with Gasteiger partial charge in [-0.2, -0.15) is 5.10 Å². The van der Waals surface area contributed by atoms with Crippen molar-refractivity contribution in [3.8, 4) is 17.1 Å². The second kappa shape index (κ2) is 7.75. The van der Waals surface area contributed by atoms with E-state index >= 15 is 0 Å². The number of likely N-dealkylation sites (tertiary alicyclic amines) is 1. The van der Waals surface area contributed by atoms with Crippen LogP contribution in [0.2, 0.25) is 0 Å². The van der Waals surface area contributed by atoms with Crippen LogP contribution in [-0.4, -0.2) is 32.8 Å². The van der Waals surface area contributed by atoms with Crippen molar-refractivity contribution in [2.45, 2.75) is 44.6 Å². The summed E-state index contributed by atoms with van der Waals surface area (Å²) < 4.78 is 7.90. The van der Waals surface area contributed by atoms with Gasteiger partial charge in [-0.25, -0.2) is 9.67 Å². The van der Waals surface area contributed by atoms with Crippen molar-refractivity contribution in [1.82, 2.24) is 19.7 Å². The summed E-state index contributed by atoms with van der Waals surface area (Å²) in [5.41, 5.74) is 6.65. The Balaban J connectivity index is 1.14. The molecule has 1 fully saturated rings. The minimum Gasteiger partial charge on any atom is -0.441 e. The predicted molar refractivity (Wildman–Crippen MR) is 125 cm³/mol. The molecule has 0 atom stereocenters. The van der Waals surface area contributed by atoms with Gasteiger partial charge in [0.05, 0.1) is 11.4 Å². The minimum atomic E-state index is 0.396. The first kappa shape index (κ1) is 19.5. The fourth-order valence-electron chi connectivity index (χ4n) is 5.51. The third-order valence-corrected chi connectivity index (χ3v) is 7.42. The molecule has 1 spiro atoms. The zero-order valence-corrected chi connectivity index (χ0v) is 18.5. The lowest BCUT2D eigenvalue weighted by atomic mass is 9.74. The number of oxazole rings is 1. The Morgan fingerprint density at radius 1 is 0.969 bits per heavy atom. The van der Waals surface area contributed by atoms with Gasteiger partial charge >= 0.3 is 0 Å². The fourth-order valence-corrected chi connectivity index (χ4v) is 5.51. The van der Waals surface area contributed by atoms with E-state index in [2.05, 4.69) is 34.3 Å². The molecule has 32 heavy (non-hydrogen) atoms. The lowest BCUT2D eigenvalue weighted by molar-refractivity contribution is 0.150. The van der Waals surface area contributed by atoms with E-state index in [4.69, 9.17) is 9.40 Å². The van der Waals surface area contributed by atoms with Gasteiger partial charge in [0.15, 0.2) is 0 Å². The number of rotatable bonds is 4. The molecule has 0 unspecified atom stereocenters. The second-order valence-corrected chi connectivity index (χ2v) is 9.23. The number of hydrogen-bond donors (Lipinski definition) is 0. The van der Waals surface area contributed by atoms with E-state index in [1.54, 1.807) is 17.3 Å². The van der Waals surface area contributed by atoms with Crippen LogP contribution in [0.25, 0.3) is 17.1 Å². The normalized spacial score (nSPS) is 17.7. The van der Waals surface area contributed by atoms with E-state index < -0.39 is 0 Å². The van der Waals surface area contributed by atoms with Crippen molar-refractivity contribution < 1.29 is 4.42 Å². The van der Waals surface area contributed by atoms with Crippen LogP contribution >= 0.6 is 0 Å². The third-order valence-electron chi connectivity index (χ3n) is 7.42. The van der Waals surface area contributed by atoms with Gasteiger partial charge in [-0.05, 0) is 92.6 Å². The van der Waals surface area contributed by atoms with Crippen molar-refractivity contribution in [3.05, 3.63) is 89.6 Å². The van der Waals surface area contributed by atoms with Gasteiger partial charge in [0.2, 0.25) is 5.89 Å². The minimum absolute atomic E-state index is 0.396. The predicted octanol–water partition coefficient (Wildman–Crippen LogP) is 5.32. The Hall–Kier alpha value is -3.18.